The Labute approximate surface area is 118 Å². The van der Waals surface area contributed by atoms with Crippen molar-refractivity contribution < 1.29 is 4.74 Å². The number of methoxy groups -OCH3 is 1. The van der Waals surface area contributed by atoms with Crippen LogP contribution in [0.4, 0.5) is 0 Å². The molecule has 0 unspecified atom stereocenters. The second-order valence-electron chi connectivity index (χ2n) is 5.09. The Morgan fingerprint density at radius 1 is 1.28 bits per heavy atom. The van der Waals surface area contributed by atoms with Crippen molar-refractivity contribution in [3.05, 3.63) is 28.2 Å². The summed E-state index contributed by atoms with van der Waals surface area (Å²) >= 11 is 3.59. The zero-order valence-corrected chi connectivity index (χ0v) is 12.6. The van der Waals surface area contributed by atoms with Crippen molar-refractivity contribution in [2.75, 3.05) is 13.7 Å². The summed E-state index contributed by atoms with van der Waals surface area (Å²) in [5.41, 5.74) is 1.27. The Morgan fingerprint density at radius 2 is 2.06 bits per heavy atom. The van der Waals surface area contributed by atoms with E-state index in [9.17, 15) is 0 Å². The average Bonchev–Trinajstić information content (AvgIpc) is 2.42. The molecule has 3 heteroatoms. The second kappa shape index (κ2) is 7.15. The second-order valence-corrected chi connectivity index (χ2v) is 5.95. The normalized spacial score (nSPS) is 16.8. The SMILES string of the molecule is COc1ccc(Br)c(CNCC2CCCCC2)c1. The van der Waals surface area contributed by atoms with Crippen molar-refractivity contribution in [2.24, 2.45) is 5.92 Å². The van der Waals surface area contributed by atoms with Gasteiger partial charge in [-0.2, -0.15) is 0 Å². The van der Waals surface area contributed by atoms with Gasteiger partial charge in [0, 0.05) is 11.0 Å². The average molecular weight is 312 g/mol. The molecule has 0 atom stereocenters. The third kappa shape index (κ3) is 3.99. The molecule has 1 aromatic rings. The van der Waals surface area contributed by atoms with E-state index in [-0.39, 0.29) is 0 Å². The van der Waals surface area contributed by atoms with Crippen LogP contribution in [0.3, 0.4) is 0 Å². The summed E-state index contributed by atoms with van der Waals surface area (Å²) in [4.78, 5) is 0. The lowest BCUT2D eigenvalue weighted by Crippen LogP contribution is -2.24. The highest BCUT2D eigenvalue weighted by molar-refractivity contribution is 9.10. The van der Waals surface area contributed by atoms with E-state index in [1.807, 2.05) is 6.07 Å². The van der Waals surface area contributed by atoms with Gasteiger partial charge in [0.25, 0.3) is 0 Å². The van der Waals surface area contributed by atoms with Crippen molar-refractivity contribution in [3.8, 4) is 5.75 Å². The van der Waals surface area contributed by atoms with Crippen molar-refractivity contribution in [2.45, 2.75) is 38.6 Å². The summed E-state index contributed by atoms with van der Waals surface area (Å²) in [6.07, 6.45) is 7.04. The maximum atomic E-state index is 5.26. The molecule has 0 radical (unpaired) electrons. The number of halogens is 1. The minimum Gasteiger partial charge on any atom is -0.497 e. The largest absolute Gasteiger partial charge is 0.497 e. The molecule has 0 aromatic heterocycles. The number of hydrogen-bond acceptors (Lipinski definition) is 2. The van der Waals surface area contributed by atoms with E-state index < -0.39 is 0 Å². The quantitative estimate of drug-likeness (QED) is 0.883. The lowest BCUT2D eigenvalue weighted by molar-refractivity contribution is 0.342. The standard InChI is InChI=1S/C15H22BrNO/c1-18-14-7-8-15(16)13(9-14)11-17-10-12-5-3-2-4-6-12/h7-9,12,17H,2-6,10-11H2,1H3. The molecular weight excluding hydrogens is 290 g/mol. The van der Waals surface area contributed by atoms with Gasteiger partial charge in [-0.25, -0.2) is 0 Å². The molecule has 2 rings (SSSR count). The third-order valence-corrected chi connectivity index (χ3v) is 4.50. The molecular formula is C15H22BrNO. The van der Waals surface area contributed by atoms with Gasteiger partial charge in [-0.15, -0.1) is 0 Å². The van der Waals surface area contributed by atoms with Crippen molar-refractivity contribution in [1.29, 1.82) is 0 Å². The van der Waals surface area contributed by atoms with Gasteiger partial charge in [0.15, 0.2) is 0 Å². The van der Waals surface area contributed by atoms with E-state index in [4.69, 9.17) is 4.74 Å². The van der Waals surface area contributed by atoms with E-state index in [2.05, 4.69) is 33.4 Å². The Morgan fingerprint density at radius 3 is 2.78 bits per heavy atom. The lowest BCUT2D eigenvalue weighted by atomic mass is 9.89. The van der Waals surface area contributed by atoms with Gasteiger partial charge in [-0.05, 0) is 49.1 Å². The molecule has 1 saturated carbocycles. The molecule has 2 nitrogen and oxygen atoms in total. The molecule has 1 fully saturated rings. The summed E-state index contributed by atoms with van der Waals surface area (Å²) in [5, 5.41) is 3.58. The maximum absolute atomic E-state index is 5.26. The number of benzene rings is 1. The molecule has 100 valence electrons. The van der Waals surface area contributed by atoms with E-state index in [0.29, 0.717) is 0 Å². The molecule has 1 N–H and O–H groups in total. The minimum absolute atomic E-state index is 0.878. The summed E-state index contributed by atoms with van der Waals surface area (Å²) in [7, 11) is 1.71. The Balaban J connectivity index is 1.81. The number of nitrogens with one attached hydrogen (secondary N) is 1. The molecule has 0 saturated heterocycles. The number of ether oxygens (including phenoxy) is 1. The molecule has 0 heterocycles. The van der Waals surface area contributed by atoms with Gasteiger partial charge in [0.05, 0.1) is 7.11 Å². The lowest BCUT2D eigenvalue weighted by Gasteiger charge is -2.22. The van der Waals surface area contributed by atoms with Crippen LogP contribution in [0.1, 0.15) is 37.7 Å². The molecule has 1 aromatic carbocycles. The van der Waals surface area contributed by atoms with Crippen molar-refractivity contribution in [3.63, 3.8) is 0 Å². The van der Waals surface area contributed by atoms with Crippen LogP contribution in [-0.4, -0.2) is 13.7 Å². The van der Waals surface area contributed by atoms with Gasteiger partial charge in [-0.3, -0.25) is 0 Å². The molecule has 18 heavy (non-hydrogen) atoms. The summed E-state index contributed by atoms with van der Waals surface area (Å²) in [5.74, 6) is 1.80. The summed E-state index contributed by atoms with van der Waals surface area (Å²) in [6.45, 7) is 2.05. The first-order chi connectivity index (χ1) is 8.79. The van der Waals surface area contributed by atoms with E-state index in [1.54, 1.807) is 7.11 Å². The minimum atomic E-state index is 0.878. The zero-order chi connectivity index (χ0) is 12.8. The number of rotatable bonds is 5. The number of hydrogen-bond donors (Lipinski definition) is 1. The first kappa shape index (κ1) is 13.9. The molecule has 1 aliphatic rings. The van der Waals surface area contributed by atoms with E-state index in [1.165, 1.54) is 37.7 Å². The highest BCUT2D eigenvalue weighted by atomic mass is 79.9. The first-order valence-electron chi connectivity index (χ1n) is 6.82. The van der Waals surface area contributed by atoms with E-state index >= 15 is 0 Å². The van der Waals surface area contributed by atoms with Crippen LogP contribution in [0.5, 0.6) is 5.75 Å². The Kier molecular flexibility index (Phi) is 5.51. The predicted octanol–water partition coefficient (Wildman–Crippen LogP) is 4.13. The Bertz CT molecular complexity index is 375. The smallest absolute Gasteiger partial charge is 0.119 e. The van der Waals surface area contributed by atoms with Gasteiger partial charge >= 0.3 is 0 Å². The first-order valence-corrected chi connectivity index (χ1v) is 7.62. The highest BCUT2D eigenvalue weighted by Gasteiger charge is 2.12. The van der Waals surface area contributed by atoms with Crippen molar-refractivity contribution >= 4 is 15.9 Å². The summed E-state index contributed by atoms with van der Waals surface area (Å²) < 4.78 is 6.41. The van der Waals surface area contributed by atoms with Gasteiger partial charge < -0.3 is 10.1 Å². The van der Waals surface area contributed by atoms with Crippen LogP contribution >= 0.6 is 15.9 Å². The Hall–Kier alpha value is -0.540. The predicted molar refractivity (Wildman–Crippen MR) is 79.0 cm³/mol. The maximum Gasteiger partial charge on any atom is 0.119 e. The monoisotopic (exact) mass is 311 g/mol. The van der Waals surface area contributed by atoms with Crippen LogP contribution in [0.25, 0.3) is 0 Å². The van der Waals surface area contributed by atoms with Gasteiger partial charge in [-0.1, -0.05) is 35.2 Å². The zero-order valence-electron chi connectivity index (χ0n) is 11.0. The van der Waals surface area contributed by atoms with E-state index in [0.717, 1.165) is 29.2 Å². The molecule has 0 amide bonds. The third-order valence-electron chi connectivity index (χ3n) is 3.73. The fourth-order valence-electron chi connectivity index (χ4n) is 2.62. The fourth-order valence-corrected chi connectivity index (χ4v) is 3.00. The van der Waals surface area contributed by atoms with Gasteiger partial charge in [0.1, 0.15) is 5.75 Å². The van der Waals surface area contributed by atoms with Crippen molar-refractivity contribution in [1.82, 2.24) is 5.32 Å². The van der Waals surface area contributed by atoms with Gasteiger partial charge in [0.2, 0.25) is 0 Å². The van der Waals surface area contributed by atoms with Crippen LogP contribution in [0.15, 0.2) is 22.7 Å². The highest BCUT2D eigenvalue weighted by Crippen LogP contribution is 2.24. The molecule has 0 spiro atoms. The molecule has 0 bridgehead atoms. The molecule has 1 aliphatic carbocycles. The van der Waals surface area contributed by atoms with Crippen LogP contribution in [-0.2, 0) is 6.54 Å². The summed E-state index contributed by atoms with van der Waals surface area (Å²) in [6, 6.07) is 6.13. The van der Waals surface area contributed by atoms with Crippen LogP contribution in [0, 0.1) is 5.92 Å². The molecule has 0 aliphatic heterocycles. The van der Waals surface area contributed by atoms with Crippen LogP contribution < -0.4 is 10.1 Å². The topological polar surface area (TPSA) is 21.3 Å². The fraction of sp³-hybridized carbons (Fsp3) is 0.600. The van der Waals surface area contributed by atoms with Crippen LogP contribution in [0.2, 0.25) is 0 Å².